The van der Waals surface area contributed by atoms with Crippen molar-refractivity contribution in [3.63, 3.8) is 0 Å². The van der Waals surface area contributed by atoms with Gasteiger partial charge in [-0.25, -0.2) is 4.79 Å². The molecule has 1 aromatic rings. The maximum absolute atomic E-state index is 11.0. The summed E-state index contributed by atoms with van der Waals surface area (Å²) in [6.45, 7) is 2.05. The van der Waals surface area contributed by atoms with E-state index in [0.717, 1.165) is 0 Å². The van der Waals surface area contributed by atoms with Crippen LogP contribution in [0.15, 0.2) is 16.5 Å². The molecule has 0 bridgehead atoms. The van der Waals surface area contributed by atoms with E-state index < -0.39 is 5.97 Å². The average molecular weight is 164 g/mol. The van der Waals surface area contributed by atoms with Crippen molar-refractivity contribution in [2.75, 3.05) is 6.61 Å². The van der Waals surface area contributed by atoms with Crippen molar-refractivity contribution in [1.29, 1.82) is 0 Å². The topological polar surface area (TPSA) is 39.4 Å². The molecule has 0 saturated carbocycles. The lowest BCUT2D eigenvalue weighted by Gasteiger charge is -1.95. The van der Waals surface area contributed by atoms with Crippen molar-refractivity contribution in [2.45, 2.75) is 6.92 Å². The minimum absolute atomic E-state index is 0.143. The molecule has 3 heteroatoms. The lowest BCUT2D eigenvalue weighted by molar-refractivity contribution is 0.0489. The molecular weight excluding hydrogens is 156 g/mol. The summed E-state index contributed by atoms with van der Waals surface area (Å²) >= 11 is 0. The third kappa shape index (κ3) is 1.67. The van der Waals surface area contributed by atoms with Crippen molar-refractivity contribution < 1.29 is 13.9 Å². The van der Waals surface area contributed by atoms with Crippen LogP contribution in [0.3, 0.4) is 0 Å². The lowest BCUT2D eigenvalue weighted by Crippen LogP contribution is -2.02. The van der Waals surface area contributed by atoms with Crippen LogP contribution in [0, 0.1) is 12.3 Å². The van der Waals surface area contributed by atoms with Crippen LogP contribution in [-0.4, -0.2) is 12.6 Å². The van der Waals surface area contributed by atoms with Gasteiger partial charge in [0.2, 0.25) is 5.76 Å². The maximum atomic E-state index is 11.0. The van der Waals surface area contributed by atoms with E-state index in [0.29, 0.717) is 12.4 Å². The first-order chi connectivity index (χ1) is 5.77. The monoisotopic (exact) mass is 164 g/mol. The number of esters is 1. The minimum atomic E-state index is -0.487. The summed E-state index contributed by atoms with van der Waals surface area (Å²) in [5, 5.41) is 0. The molecule has 1 aromatic heterocycles. The van der Waals surface area contributed by atoms with Crippen molar-refractivity contribution in [2.24, 2.45) is 0 Å². The number of hydrogen-bond acceptors (Lipinski definition) is 3. The van der Waals surface area contributed by atoms with Gasteiger partial charge in [0.25, 0.3) is 0 Å². The Labute approximate surface area is 70.3 Å². The summed E-state index contributed by atoms with van der Waals surface area (Å²) in [4.78, 5) is 11.0. The van der Waals surface area contributed by atoms with Gasteiger partial charge < -0.3 is 9.15 Å². The van der Waals surface area contributed by atoms with E-state index in [2.05, 4.69) is 10.7 Å². The number of rotatable bonds is 2. The number of ether oxygens (including phenoxy) is 1. The van der Waals surface area contributed by atoms with E-state index in [4.69, 9.17) is 10.8 Å². The second-order valence-corrected chi connectivity index (χ2v) is 2.03. The standard InChI is InChI=1S/C9H8O3/c1-3-7-5-6-8(12-7)9(10)11-4-2/h1,5-6H,4H2,2H3. The fourth-order valence-electron chi connectivity index (χ4n) is 0.727. The highest BCUT2D eigenvalue weighted by Crippen LogP contribution is 2.07. The molecule has 0 aliphatic rings. The molecule has 12 heavy (non-hydrogen) atoms. The third-order valence-corrected chi connectivity index (χ3v) is 1.22. The van der Waals surface area contributed by atoms with Crippen LogP contribution in [0.5, 0.6) is 0 Å². The maximum Gasteiger partial charge on any atom is 0.374 e. The van der Waals surface area contributed by atoms with Crippen molar-refractivity contribution in [3.8, 4) is 12.3 Å². The molecule has 0 fully saturated rings. The summed E-state index contributed by atoms with van der Waals surface area (Å²) in [6, 6.07) is 3.04. The second-order valence-electron chi connectivity index (χ2n) is 2.03. The van der Waals surface area contributed by atoms with Crippen molar-refractivity contribution >= 4 is 5.97 Å². The molecule has 1 rings (SSSR count). The minimum Gasteiger partial charge on any atom is -0.460 e. The van der Waals surface area contributed by atoms with Crippen LogP contribution in [0.25, 0.3) is 0 Å². The van der Waals surface area contributed by atoms with Gasteiger partial charge in [0.1, 0.15) is 0 Å². The Morgan fingerprint density at radius 1 is 1.75 bits per heavy atom. The highest BCUT2D eigenvalue weighted by Gasteiger charge is 2.10. The number of carbonyl (C=O) groups excluding carboxylic acids is 1. The summed E-state index contributed by atoms with van der Waals surface area (Å²) < 4.78 is 9.62. The molecule has 0 atom stereocenters. The zero-order valence-corrected chi connectivity index (χ0v) is 6.66. The number of furan rings is 1. The number of carbonyl (C=O) groups is 1. The van der Waals surface area contributed by atoms with Crippen LogP contribution in [0.4, 0.5) is 0 Å². The predicted octanol–water partition coefficient (Wildman–Crippen LogP) is 1.44. The Bertz CT molecular complexity index is 317. The van der Waals surface area contributed by atoms with Crippen molar-refractivity contribution in [3.05, 3.63) is 23.7 Å². The van der Waals surface area contributed by atoms with E-state index in [-0.39, 0.29) is 5.76 Å². The van der Waals surface area contributed by atoms with Gasteiger partial charge in [0.15, 0.2) is 5.76 Å². The summed E-state index contributed by atoms with van der Waals surface area (Å²) in [5.41, 5.74) is 0. The first-order valence-electron chi connectivity index (χ1n) is 3.51. The molecular formula is C9H8O3. The van der Waals surface area contributed by atoms with E-state index in [1.807, 2.05) is 0 Å². The summed E-state index contributed by atoms with van der Waals surface area (Å²) in [7, 11) is 0. The van der Waals surface area contributed by atoms with Gasteiger partial charge in [-0.05, 0) is 25.0 Å². The molecule has 0 aromatic carbocycles. The molecule has 0 radical (unpaired) electrons. The van der Waals surface area contributed by atoms with Crippen molar-refractivity contribution in [1.82, 2.24) is 0 Å². The van der Waals surface area contributed by atoms with Crippen LogP contribution in [0.1, 0.15) is 23.2 Å². The van der Waals surface area contributed by atoms with Crippen LogP contribution < -0.4 is 0 Å². The molecule has 0 aliphatic heterocycles. The zero-order chi connectivity index (χ0) is 8.97. The highest BCUT2D eigenvalue weighted by atomic mass is 16.5. The van der Waals surface area contributed by atoms with Crippen LogP contribution in [-0.2, 0) is 4.74 Å². The average Bonchev–Trinajstić information content (AvgIpc) is 2.52. The molecule has 0 spiro atoms. The van der Waals surface area contributed by atoms with Gasteiger partial charge in [-0.3, -0.25) is 0 Å². The summed E-state index contributed by atoms with van der Waals surface area (Å²) in [6.07, 6.45) is 5.04. The Balaban J connectivity index is 2.76. The largest absolute Gasteiger partial charge is 0.460 e. The van der Waals surface area contributed by atoms with Gasteiger partial charge in [-0.2, -0.15) is 0 Å². The Hall–Kier alpha value is -1.69. The predicted molar refractivity (Wildman–Crippen MR) is 42.6 cm³/mol. The fraction of sp³-hybridized carbons (Fsp3) is 0.222. The van der Waals surface area contributed by atoms with Gasteiger partial charge >= 0.3 is 5.97 Å². The molecule has 0 saturated heterocycles. The Morgan fingerprint density at radius 2 is 2.50 bits per heavy atom. The Kier molecular flexibility index (Phi) is 2.54. The van der Waals surface area contributed by atoms with Gasteiger partial charge in [0, 0.05) is 0 Å². The normalized spacial score (nSPS) is 9.00. The molecule has 0 unspecified atom stereocenters. The van der Waals surface area contributed by atoms with Crippen LogP contribution in [0.2, 0.25) is 0 Å². The van der Waals surface area contributed by atoms with E-state index in [9.17, 15) is 4.79 Å². The molecule has 62 valence electrons. The smallest absolute Gasteiger partial charge is 0.374 e. The molecule has 0 N–H and O–H groups in total. The highest BCUT2D eigenvalue weighted by molar-refractivity contribution is 5.86. The molecule has 1 heterocycles. The number of hydrogen-bond donors (Lipinski definition) is 0. The first kappa shape index (κ1) is 8.41. The van der Waals surface area contributed by atoms with E-state index in [1.165, 1.54) is 6.07 Å². The quantitative estimate of drug-likeness (QED) is 0.490. The second kappa shape index (κ2) is 3.63. The molecule has 0 amide bonds. The SMILES string of the molecule is C#Cc1ccc(C(=O)OCC)o1. The van der Waals surface area contributed by atoms with Gasteiger partial charge in [-0.15, -0.1) is 6.42 Å². The van der Waals surface area contributed by atoms with E-state index in [1.54, 1.807) is 13.0 Å². The van der Waals surface area contributed by atoms with Crippen LogP contribution >= 0.6 is 0 Å². The molecule has 0 aliphatic carbocycles. The van der Waals surface area contributed by atoms with Gasteiger partial charge in [-0.1, -0.05) is 0 Å². The zero-order valence-electron chi connectivity index (χ0n) is 6.66. The van der Waals surface area contributed by atoms with Gasteiger partial charge in [0.05, 0.1) is 6.61 Å². The molecule has 3 nitrogen and oxygen atoms in total. The third-order valence-electron chi connectivity index (χ3n) is 1.22. The Morgan fingerprint density at radius 3 is 3.00 bits per heavy atom. The fourth-order valence-corrected chi connectivity index (χ4v) is 0.727. The number of terminal acetylenes is 1. The first-order valence-corrected chi connectivity index (χ1v) is 3.51. The van der Waals surface area contributed by atoms with E-state index >= 15 is 0 Å². The summed E-state index contributed by atoms with van der Waals surface area (Å²) in [5.74, 6) is 2.26. The lowest BCUT2D eigenvalue weighted by atomic mass is 10.4.